The number of carbonyl (C=O) groups is 1. The zero-order valence-corrected chi connectivity index (χ0v) is 15.0. The number of para-hydroxylation sites is 2. The fraction of sp³-hybridized carbons (Fsp3) is 0.421. The van der Waals surface area contributed by atoms with E-state index < -0.39 is 11.5 Å². The molecular weight excluding hydrogens is 334 g/mol. The van der Waals surface area contributed by atoms with Gasteiger partial charge in [0.15, 0.2) is 0 Å². The monoisotopic (exact) mass is 357 g/mol. The number of benzene rings is 1. The van der Waals surface area contributed by atoms with Gasteiger partial charge in [0, 0.05) is 6.61 Å². The van der Waals surface area contributed by atoms with Crippen LogP contribution in [0.1, 0.15) is 40.9 Å². The molecular formula is C19H23N3O4. The van der Waals surface area contributed by atoms with E-state index in [9.17, 15) is 9.59 Å². The minimum absolute atomic E-state index is 0.0583. The first-order chi connectivity index (χ1) is 12.6. The molecule has 7 nitrogen and oxygen atoms in total. The second-order valence-corrected chi connectivity index (χ2v) is 6.39. The maximum absolute atomic E-state index is 12.6. The highest BCUT2D eigenvalue weighted by molar-refractivity contribution is 6.05. The molecule has 1 saturated heterocycles. The molecule has 26 heavy (non-hydrogen) atoms. The second-order valence-electron chi connectivity index (χ2n) is 6.39. The van der Waals surface area contributed by atoms with Crippen molar-refractivity contribution >= 4 is 11.6 Å². The minimum Gasteiger partial charge on any atom is -0.489 e. The Hall–Kier alpha value is -2.67. The highest BCUT2D eigenvalue weighted by Gasteiger charge is 2.19. The smallest absolute Gasteiger partial charge is 0.277 e. The van der Waals surface area contributed by atoms with E-state index in [2.05, 4.69) is 15.5 Å². The van der Waals surface area contributed by atoms with Gasteiger partial charge in [-0.15, -0.1) is 0 Å². The van der Waals surface area contributed by atoms with Crippen molar-refractivity contribution in [2.45, 2.75) is 39.2 Å². The molecule has 3 rings (SSSR count). The van der Waals surface area contributed by atoms with Gasteiger partial charge in [0.1, 0.15) is 17.9 Å². The molecule has 1 aromatic carbocycles. The summed E-state index contributed by atoms with van der Waals surface area (Å²) in [6.07, 6.45) is 3.26. The molecule has 1 unspecified atom stereocenters. The lowest BCUT2D eigenvalue weighted by Gasteiger charge is -2.23. The lowest BCUT2D eigenvalue weighted by atomic mass is 10.1. The predicted octanol–water partition coefficient (Wildman–Crippen LogP) is 2.59. The molecule has 2 N–H and O–H groups in total. The third-order valence-corrected chi connectivity index (χ3v) is 4.53. The molecule has 7 heteroatoms. The van der Waals surface area contributed by atoms with Crippen LogP contribution in [0.2, 0.25) is 0 Å². The molecule has 1 amide bonds. The Bertz CT molecular complexity index is 841. The summed E-state index contributed by atoms with van der Waals surface area (Å²) in [5.41, 5.74) is 1.22. The Morgan fingerprint density at radius 1 is 1.35 bits per heavy atom. The molecule has 1 atom stereocenters. The minimum atomic E-state index is -0.514. The number of hydrogen-bond donors (Lipinski definition) is 2. The first kappa shape index (κ1) is 18.1. The fourth-order valence-corrected chi connectivity index (χ4v) is 2.90. The average Bonchev–Trinajstić information content (AvgIpc) is 2.65. The highest BCUT2D eigenvalue weighted by Crippen LogP contribution is 2.25. The number of rotatable bonds is 5. The average molecular weight is 357 g/mol. The van der Waals surface area contributed by atoms with Crippen LogP contribution in [-0.4, -0.2) is 35.4 Å². The van der Waals surface area contributed by atoms with E-state index in [-0.39, 0.29) is 11.7 Å². The molecule has 0 saturated carbocycles. The SMILES string of the molecule is Cc1n[nH]c(=O)c(C(=O)Nc2ccccc2OCC2CCCCO2)c1C. The lowest BCUT2D eigenvalue weighted by molar-refractivity contribution is -0.0109. The number of aromatic nitrogens is 2. The van der Waals surface area contributed by atoms with Gasteiger partial charge in [-0.1, -0.05) is 12.1 Å². The van der Waals surface area contributed by atoms with Crippen LogP contribution in [-0.2, 0) is 4.74 Å². The van der Waals surface area contributed by atoms with Crippen LogP contribution >= 0.6 is 0 Å². The Balaban J connectivity index is 1.75. The van der Waals surface area contributed by atoms with Gasteiger partial charge in [-0.3, -0.25) is 9.59 Å². The number of amides is 1. The van der Waals surface area contributed by atoms with Gasteiger partial charge < -0.3 is 14.8 Å². The van der Waals surface area contributed by atoms with Crippen LogP contribution in [0.5, 0.6) is 5.75 Å². The summed E-state index contributed by atoms with van der Waals surface area (Å²) in [5, 5.41) is 8.99. The summed E-state index contributed by atoms with van der Waals surface area (Å²) in [5.74, 6) is 0.0640. The van der Waals surface area contributed by atoms with E-state index >= 15 is 0 Å². The number of anilines is 1. The maximum atomic E-state index is 12.6. The standard InChI is InChI=1S/C19H23N3O4/c1-12-13(2)21-22-19(24)17(12)18(23)20-15-8-3-4-9-16(15)26-11-14-7-5-6-10-25-14/h3-4,8-9,14H,5-7,10-11H2,1-2H3,(H,20,23)(H,22,24). The quantitative estimate of drug-likeness (QED) is 0.858. The molecule has 1 aliphatic heterocycles. The van der Waals surface area contributed by atoms with Gasteiger partial charge in [-0.2, -0.15) is 5.10 Å². The van der Waals surface area contributed by atoms with E-state index in [0.717, 1.165) is 25.9 Å². The molecule has 0 aliphatic carbocycles. The predicted molar refractivity (Wildman–Crippen MR) is 97.8 cm³/mol. The normalized spacial score (nSPS) is 16.9. The number of hydrogen-bond acceptors (Lipinski definition) is 5. The zero-order chi connectivity index (χ0) is 18.5. The van der Waals surface area contributed by atoms with Crippen LogP contribution in [0.15, 0.2) is 29.1 Å². The Morgan fingerprint density at radius 2 is 2.15 bits per heavy atom. The molecule has 138 valence electrons. The fourth-order valence-electron chi connectivity index (χ4n) is 2.90. The number of nitrogens with zero attached hydrogens (tertiary/aromatic N) is 1. The highest BCUT2D eigenvalue weighted by atomic mass is 16.5. The van der Waals surface area contributed by atoms with E-state index in [1.165, 1.54) is 0 Å². The summed E-state index contributed by atoms with van der Waals surface area (Å²) in [4.78, 5) is 24.6. The van der Waals surface area contributed by atoms with E-state index in [1.807, 2.05) is 6.07 Å². The molecule has 0 radical (unpaired) electrons. The van der Waals surface area contributed by atoms with Gasteiger partial charge in [-0.05, 0) is 50.8 Å². The molecule has 2 heterocycles. The molecule has 1 fully saturated rings. The van der Waals surface area contributed by atoms with Gasteiger partial charge in [-0.25, -0.2) is 5.10 Å². The Morgan fingerprint density at radius 3 is 2.92 bits per heavy atom. The number of carbonyl (C=O) groups excluding carboxylic acids is 1. The number of ether oxygens (including phenoxy) is 2. The van der Waals surface area contributed by atoms with Gasteiger partial charge in [0.05, 0.1) is 17.5 Å². The van der Waals surface area contributed by atoms with Crippen molar-refractivity contribution in [1.82, 2.24) is 10.2 Å². The third-order valence-electron chi connectivity index (χ3n) is 4.53. The van der Waals surface area contributed by atoms with Crippen molar-refractivity contribution in [3.05, 3.63) is 51.4 Å². The topological polar surface area (TPSA) is 93.3 Å². The molecule has 0 spiro atoms. The van der Waals surface area contributed by atoms with Crippen molar-refractivity contribution in [3.8, 4) is 5.75 Å². The van der Waals surface area contributed by atoms with E-state index in [1.54, 1.807) is 32.0 Å². The molecule has 1 aliphatic rings. The van der Waals surface area contributed by atoms with Crippen molar-refractivity contribution in [1.29, 1.82) is 0 Å². The Labute approximate surface area is 151 Å². The van der Waals surface area contributed by atoms with Gasteiger partial charge in [0.25, 0.3) is 11.5 Å². The number of H-pyrrole nitrogens is 1. The summed E-state index contributed by atoms with van der Waals surface area (Å²) in [7, 11) is 0. The van der Waals surface area contributed by atoms with Gasteiger partial charge in [0.2, 0.25) is 0 Å². The van der Waals surface area contributed by atoms with Gasteiger partial charge >= 0.3 is 0 Å². The Kier molecular flexibility index (Phi) is 5.68. The largest absolute Gasteiger partial charge is 0.489 e. The van der Waals surface area contributed by atoms with Crippen molar-refractivity contribution < 1.29 is 14.3 Å². The van der Waals surface area contributed by atoms with E-state index in [0.29, 0.717) is 29.3 Å². The van der Waals surface area contributed by atoms with Crippen LogP contribution in [0.3, 0.4) is 0 Å². The summed E-state index contributed by atoms with van der Waals surface area (Å²) >= 11 is 0. The maximum Gasteiger partial charge on any atom is 0.277 e. The summed E-state index contributed by atoms with van der Waals surface area (Å²) < 4.78 is 11.5. The summed E-state index contributed by atoms with van der Waals surface area (Å²) in [6, 6.07) is 7.16. The number of aromatic amines is 1. The third kappa shape index (κ3) is 4.11. The second kappa shape index (κ2) is 8.14. The summed E-state index contributed by atoms with van der Waals surface area (Å²) in [6.45, 7) is 4.63. The van der Waals surface area contributed by atoms with Crippen molar-refractivity contribution in [2.24, 2.45) is 0 Å². The van der Waals surface area contributed by atoms with Crippen molar-refractivity contribution in [2.75, 3.05) is 18.5 Å². The lowest BCUT2D eigenvalue weighted by Crippen LogP contribution is -2.27. The van der Waals surface area contributed by atoms with Crippen LogP contribution in [0, 0.1) is 13.8 Å². The van der Waals surface area contributed by atoms with Crippen LogP contribution in [0.25, 0.3) is 0 Å². The number of aryl methyl sites for hydroxylation is 1. The molecule has 0 bridgehead atoms. The first-order valence-corrected chi connectivity index (χ1v) is 8.77. The number of nitrogens with one attached hydrogen (secondary N) is 2. The zero-order valence-electron chi connectivity index (χ0n) is 15.0. The first-order valence-electron chi connectivity index (χ1n) is 8.77. The molecule has 2 aromatic rings. The van der Waals surface area contributed by atoms with Crippen LogP contribution in [0.4, 0.5) is 5.69 Å². The van der Waals surface area contributed by atoms with Crippen molar-refractivity contribution in [3.63, 3.8) is 0 Å². The van der Waals surface area contributed by atoms with E-state index in [4.69, 9.17) is 9.47 Å². The van der Waals surface area contributed by atoms with Crippen LogP contribution < -0.4 is 15.6 Å². The molecule has 1 aromatic heterocycles.